The van der Waals surface area contributed by atoms with Crippen LogP contribution in [-0.2, 0) is 17.8 Å². The highest BCUT2D eigenvalue weighted by molar-refractivity contribution is 5.90. The van der Waals surface area contributed by atoms with E-state index in [0.29, 0.717) is 53.0 Å². The Balaban J connectivity index is 2.03. The van der Waals surface area contributed by atoms with Crippen LogP contribution in [0.3, 0.4) is 0 Å². The van der Waals surface area contributed by atoms with Gasteiger partial charge in [0.15, 0.2) is 5.83 Å². The Morgan fingerprint density at radius 3 is 2.60 bits per heavy atom. The number of carbonyl (C=O) groups is 1. The topological polar surface area (TPSA) is 71.3 Å². The quantitative estimate of drug-likeness (QED) is 0.569. The summed E-state index contributed by atoms with van der Waals surface area (Å²) in [6, 6.07) is 8.92. The van der Waals surface area contributed by atoms with Crippen molar-refractivity contribution in [2.75, 3.05) is 6.61 Å². The molecule has 0 unspecified atom stereocenters. The number of nitrogens with one attached hydrogen (secondary N) is 1. The SMILES string of the molecule is C=C(F)C(=O)NCc1cc(-c2ccc(OC(F)(F)F)cc2)c2c(c1C#N)CCCO2. The maximum atomic E-state index is 13.0. The number of nitrogens with zero attached hydrogens (tertiary/aromatic N) is 1. The summed E-state index contributed by atoms with van der Waals surface area (Å²) in [5.41, 5.74) is 2.47. The number of carbonyl (C=O) groups excluding carboxylic acids is 1. The van der Waals surface area contributed by atoms with E-state index in [9.17, 15) is 27.6 Å². The van der Waals surface area contributed by atoms with E-state index >= 15 is 0 Å². The van der Waals surface area contributed by atoms with Crippen molar-refractivity contribution in [1.82, 2.24) is 5.32 Å². The van der Waals surface area contributed by atoms with Crippen LogP contribution in [0.25, 0.3) is 11.1 Å². The molecule has 2 aromatic rings. The molecular formula is C21H16F4N2O3. The fourth-order valence-electron chi connectivity index (χ4n) is 3.21. The molecule has 0 saturated heterocycles. The Labute approximate surface area is 169 Å². The van der Waals surface area contributed by atoms with Gasteiger partial charge >= 0.3 is 6.36 Å². The van der Waals surface area contributed by atoms with Crippen LogP contribution >= 0.6 is 0 Å². The molecule has 0 atom stereocenters. The minimum Gasteiger partial charge on any atom is -0.493 e. The number of halogens is 4. The van der Waals surface area contributed by atoms with Crippen LogP contribution in [0.2, 0.25) is 0 Å². The molecule has 1 amide bonds. The summed E-state index contributed by atoms with van der Waals surface area (Å²) in [6.45, 7) is 3.23. The van der Waals surface area contributed by atoms with Gasteiger partial charge in [-0.2, -0.15) is 5.26 Å². The molecule has 1 aliphatic heterocycles. The Morgan fingerprint density at radius 2 is 2.00 bits per heavy atom. The van der Waals surface area contributed by atoms with Crippen LogP contribution in [-0.4, -0.2) is 18.9 Å². The second kappa shape index (κ2) is 8.45. The predicted octanol–water partition coefficient (Wildman–Crippen LogP) is 4.55. The largest absolute Gasteiger partial charge is 0.573 e. The monoisotopic (exact) mass is 420 g/mol. The second-order valence-corrected chi connectivity index (χ2v) is 6.49. The summed E-state index contributed by atoms with van der Waals surface area (Å²) in [6.07, 6.45) is -3.57. The fraction of sp³-hybridized carbons (Fsp3) is 0.238. The highest BCUT2D eigenvalue weighted by Gasteiger charge is 2.31. The van der Waals surface area contributed by atoms with Crippen molar-refractivity contribution in [2.24, 2.45) is 0 Å². The number of hydrogen-bond acceptors (Lipinski definition) is 4. The van der Waals surface area contributed by atoms with Gasteiger partial charge in [0.2, 0.25) is 0 Å². The molecule has 30 heavy (non-hydrogen) atoms. The Hall–Kier alpha value is -3.54. The first-order chi connectivity index (χ1) is 14.2. The molecule has 1 heterocycles. The molecule has 0 bridgehead atoms. The van der Waals surface area contributed by atoms with Gasteiger partial charge in [0, 0.05) is 17.7 Å². The van der Waals surface area contributed by atoms with Gasteiger partial charge in [-0.3, -0.25) is 4.79 Å². The lowest BCUT2D eigenvalue weighted by atomic mass is 9.90. The Kier molecular flexibility index (Phi) is 5.96. The van der Waals surface area contributed by atoms with Crippen LogP contribution in [0, 0.1) is 11.3 Å². The van der Waals surface area contributed by atoms with Gasteiger partial charge in [-0.05, 0) is 42.2 Å². The molecule has 0 aliphatic carbocycles. The number of rotatable bonds is 5. The van der Waals surface area contributed by atoms with E-state index < -0.39 is 18.1 Å². The normalized spacial score (nSPS) is 12.9. The highest BCUT2D eigenvalue weighted by Crippen LogP contribution is 2.40. The maximum Gasteiger partial charge on any atom is 0.573 e. The van der Waals surface area contributed by atoms with Gasteiger partial charge in [0.1, 0.15) is 11.5 Å². The number of ether oxygens (including phenoxy) is 2. The third-order valence-electron chi connectivity index (χ3n) is 4.47. The molecular weight excluding hydrogens is 404 g/mol. The molecule has 1 N–H and O–H groups in total. The van der Waals surface area contributed by atoms with E-state index in [1.54, 1.807) is 6.07 Å². The van der Waals surface area contributed by atoms with Crippen molar-refractivity contribution in [2.45, 2.75) is 25.7 Å². The van der Waals surface area contributed by atoms with Gasteiger partial charge in [-0.15, -0.1) is 13.2 Å². The van der Waals surface area contributed by atoms with E-state index in [-0.39, 0.29) is 12.3 Å². The van der Waals surface area contributed by atoms with Gasteiger partial charge < -0.3 is 14.8 Å². The molecule has 2 aromatic carbocycles. The fourth-order valence-corrected chi connectivity index (χ4v) is 3.21. The van der Waals surface area contributed by atoms with Crippen LogP contribution in [0.15, 0.2) is 42.7 Å². The van der Waals surface area contributed by atoms with Crippen LogP contribution in [0.5, 0.6) is 11.5 Å². The average molecular weight is 420 g/mol. The zero-order valence-corrected chi connectivity index (χ0v) is 15.6. The third-order valence-corrected chi connectivity index (χ3v) is 4.47. The van der Waals surface area contributed by atoms with Gasteiger partial charge in [0.25, 0.3) is 5.91 Å². The van der Waals surface area contributed by atoms with Crippen molar-refractivity contribution in [3.8, 4) is 28.7 Å². The van der Waals surface area contributed by atoms with E-state index in [4.69, 9.17) is 4.74 Å². The Morgan fingerprint density at radius 1 is 1.30 bits per heavy atom. The summed E-state index contributed by atoms with van der Waals surface area (Å²) in [5.74, 6) is -2.06. The molecule has 0 radical (unpaired) electrons. The number of fused-ring (bicyclic) bond motifs is 1. The van der Waals surface area contributed by atoms with Gasteiger partial charge in [0.05, 0.1) is 18.2 Å². The molecule has 9 heteroatoms. The minimum absolute atomic E-state index is 0.125. The number of alkyl halides is 3. The van der Waals surface area contributed by atoms with Crippen LogP contribution in [0.1, 0.15) is 23.1 Å². The van der Waals surface area contributed by atoms with Gasteiger partial charge in [-0.1, -0.05) is 18.7 Å². The zero-order valence-electron chi connectivity index (χ0n) is 15.6. The molecule has 156 valence electrons. The summed E-state index contributed by atoms with van der Waals surface area (Å²) in [4.78, 5) is 11.5. The molecule has 0 fully saturated rings. The smallest absolute Gasteiger partial charge is 0.493 e. The first kappa shape index (κ1) is 21.2. The molecule has 5 nitrogen and oxygen atoms in total. The summed E-state index contributed by atoms with van der Waals surface area (Å²) >= 11 is 0. The molecule has 0 spiro atoms. The average Bonchev–Trinajstić information content (AvgIpc) is 2.70. The van der Waals surface area contributed by atoms with E-state index in [1.165, 1.54) is 24.3 Å². The predicted molar refractivity (Wildman–Crippen MR) is 99.2 cm³/mol. The number of amides is 1. The number of hydrogen-bond donors (Lipinski definition) is 1. The molecule has 0 aromatic heterocycles. The molecule has 3 rings (SSSR count). The van der Waals surface area contributed by atoms with Crippen molar-refractivity contribution >= 4 is 5.91 Å². The lowest BCUT2D eigenvalue weighted by Gasteiger charge is -2.24. The van der Waals surface area contributed by atoms with Crippen LogP contribution < -0.4 is 14.8 Å². The Bertz CT molecular complexity index is 1020. The van der Waals surface area contributed by atoms with E-state index in [2.05, 4.69) is 22.7 Å². The molecule has 0 saturated carbocycles. The molecule has 1 aliphatic rings. The minimum atomic E-state index is -4.80. The van der Waals surface area contributed by atoms with Crippen molar-refractivity contribution < 1.29 is 31.8 Å². The zero-order chi connectivity index (χ0) is 21.9. The van der Waals surface area contributed by atoms with E-state index in [0.717, 1.165) is 0 Å². The van der Waals surface area contributed by atoms with Crippen molar-refractivity contribution in [3.05, 3.63) is 59.4 Å². The van der Waals surface area contributed by atoms with Crippen molar-refractivity contribution in [1.29, 1.82) is 5.26 Å². The van der Waals surface area contributed by atoms with Crippen molar-refractivity contribution in [3.63, 3.8) is 0 Å². The lowest BCUT2D eigenvalue weighted by molar-refractivity contribution is -0.274. The van der Waals surface area contributed by atoms with Gasteiger partial charge in [-0.25, -0.2) is 4.39 Å². The third kappa shape index (κ3) is 4.71. The second-order valence-electron chi connectivity index (χ2n) is 6.49. The first-order valence-electron chi connectivity index (χ1n) is 8.90. The summed E-state index contributed by atoms with van der Waals surface area (Å²) in [5, 5.41) is 12.0. The number of nitriles is 1. The first-order valence-corrected chi connectivity index (χ1v) is 8.90. The van der Waals surface area contributed by atoms with Crippen LogP contribution in [0.4, 0.5) is 17.6 Å². The highest BCUT2D eigenvalue weighted by atomic mass is 19.4. The maximum absolute atomic E-state index is 13.0. The summed E-state index contributed by atoms with van der Waals surface area (Å²) < 4.78 is 59.8. The lowest BCUT2D eigenvalue weighted by Crippen LogP contribution is -2.24. The van der Waals surface area contributed by atoms with E-state index in [1.807, 2.05) is 0 Å². The number of benzene rings is 2. The standard InChI is InChI=1S/C21H16F4N2O3/c1-12(22)20(28)27-11-14-9-17(19-16(18(14)10-26)3-2-8-29-19)13-4-6-15(7-5-13)30-21(23,24)25/h4-7,9H,1-3,8,11H2,(H,27,28). The summed E-state index contributed by atoms with van der Waals surface area (Å²) in [7, 11) is 0.